The minimum Gasteiger partial charge on any atom is -0.357 e. The molecule has 3 nitrogen and oxygen atoms in total. The topological polar surface area (TPSA) is 39.1 Å². The number of rotatable bonds is 2. The zero-order valence-corrected chi connectivity index (χ0v) is 29.0. The number of benzene rings is 2. The predicted molar refractivity (Wildman–Crippen MR) is 103 cm³/mol. The summed E-state index contributed by atoms with van der Waals surface area (Å²) < 4.78 is 8.98. The van der Waals surface area contributed by atoms with Crippen LogP contribution in [0.1, 0.15) is 40.2 Å². The fraction of sp³-hybridized carbons (Fsp3) is 0.333. The van der Waals surface area contributed by atoms with Crippen molar-refractivity contribution in [3.8, 4) is 0 Å². The molecule has 4 radical (unpaired) electrons. The molecule has 0 amide bonds. The van der Waals surface area contributed by atoms with Crippen molar-refractivity contribution in [3.63, 3.8) is 0 Å². The van der Waals surface area contributed by atoms with Crippen molar-refractivity contribution < 1.29 is 137 Å². The van der Waals surface area contributed by atoms with Gasteiger partial charge >= 0.3 is 0 Å². The Morgan fingerprint density at radius 3 is 2.04 bits per heavy atom. The largest absolute Gasteiger partial charge is 0.357 e. The summed E-state index contributed by atoms with van der Waals surface area (Å²) in [7, 11) is 0. The Kier molecular flexibility index (Phi) is 24.3. The summed E-state index contributed by atoms with van der Waals surface area (Å²) in [5, 5.41) is 1.09. The standard InChI is InChI=1S/C17H14NO2.2C2H6.4Y/c1-11-3-5-13-15(9-11)18(7-8-19)16-10-12(2)4-6-14(16)17(13)20;2*1-2;;;;/h3-6,8-9H,7H2,1-2H3;2*1-2H3;;;;/q-1;;;;;;/i8T;;;;;;. The van der Waals surface area contributed by atoms with Crippen molar-refractivity contribution in [2.45, 2.75) is 48.1 Å². The maximum Gasteiger partial charge on any atom is 0.142 e. The van der Waals surface area contributed by atoms with E-state index in [0.717, 1.165) is 11.1 Å². The second-order valence-electron chi connectivity index (χ2n) is 4.98. The number of pyridine rings is 1. The van der Waals surface area contributed by atoms with Gasteiger partial charge in [-0.05, 0) is 24.6 Å². The number of hydrogen-bond acceptors (Lipinski definition) is 2. The summed E-state index contributed by atoms with van der Waals surface area (Å²) in [6, 6.07) is 12.3. The van der Waals surface area contributed by atoms with E-state index in [9.17, 15) is 9.59 Å². The van der Waals surface area contributed by atoms with Crippen molar-refractivity contribution in [1.82, 2.24) is 4.57 Å². The maximum atomic E-state index is 12.6. The number of fused-ring (bicyclic) bond motifs is 2. The van der Waals surface area contributed by atoms with E-state index in [-0.39, 0.29) is 143 Å². The van der Waals surface area contributed by atoms with Gasteiger partial charge in [0.05, 0.1) is 12.1 Å². The number of aldehydes is 1. The van der Waals surface area contributed by atoms with Gasteiger partial charge in [-0.1, -0.05) is 51.6 Å². The quantitative estimate of drug-likeness (QED) is 0.221. The van der Waals surface area contributed by atoms with Gasteiger partial charge in [0.15, 0.2) is 0 Å². The number of aryl methyl sites for hydroxylation is 2. The van der Waals surface area contributed by atoms with E-state index in [4.69, 9.17) is 1.37 Å². The van der Waals surface area contributed by atoms with Crippen LogP contribution in [0.4, 0.5) is 0 Å². The van der Waals surface area contributed by atoms with Crippen LogP contribution in [0, 0.1) is 19.9 Å². The molecule has 0 unspecified atom stereocenters. The molecule has 0 saturated carbocycles. The van der Waals surface area contributed by atoms with Crippen LogP contribution in [0.25, 0.3) is 21.8 Å². The number of carbonyl (C=O) groups is 1. The molecule has 1 heterocycles. The summed E-state index contributed by atoms with van der Waals surface area (Å²) in [6.07, 6.45) is -0.697. The normalized spacial score (nSPS) is 8.86. The summed E-state index contributed by atoms with van der Waals surface area (Å²) in [4.78, 5) is 23.9. The Bertz CT molecular complexity index is 893. The summed E-state index contributed by atoms with van der Waals surface area (Å²) in [6.45, 7) is 11.7. The molecule has 7 heteroatoms. The Labute approximate surface area is 270 Å². The zero-order chi connectivity index (χ0) is 19.1. The Morgan fingerprint density at radius 1 is 0.964 bits per heavy atom. The first kappa shape index (κ1) is 34.6. The molecule has 0 saturated heterocycles. The molecule has 2 aromatic carbocycles. The number of nitrogens with zero attached hydrogens (tertiary/aromatic N) is 1. The molecular weight excluding hydrogens is 654 g/mol. The minimum atomic E-state index is -0.697. The third kappa shape index (κ3) is 9.24. The molecule has 3 aromatic rings. The third-order valence-electron chi connectivity index (χ3n) is 3.50. The average molecular weight is 682 g/mol. The molecule has 0 aliphatic heterocycles. The molecule has 0 aliphatic carbocycles. The van der Waals surface area contributed by atoms with Gasteiger partial charge in [-0.15, -0.1) is 0 Å². The molecule has 1 aromatic heterocycles. The predicted octanol–water partition coefficient (Wildman–Crippen LogP) is 4.81. The summed E-state index contributed by atoms with van der Waals surface area (Å²) in [5.74, 6) is 0. The Hall–Kier alpha value is 2.00. The minimum absolute atomic E-state index is 0. The molecule has 0 atom stereocenters. The molecule has 28 heavy (non-hydrogen) atoms. The van der Waals surface area contributed by atoms with Gasteiger partial charge in [-0.2, -0.15) is 23.8 Å². The van der Waals surface area contributed by atoms with Crippen molar-refractivity contribution in [1.29, 1.82) is 0 Å². The maximum absolute atomic E-state index is 12.6. The van der Waals surface area contributed by atoms with Gasteiger partial charge in [0.25, 0.3) is 0 Å². The Morgan fingerprint density at radius 2 is 1.50 bits per heavy atom. The molecule has 0 fully saturated rings. The third-order valence-corrected chi connectivity index (χ3v) is 3.50. The van der Waals surface area contributed by atoms with Crippen LogP contribution in [0.3, 0.4) is 0 Å². The molecule has 0 N–H and O–H groups in total. The van der Waals surface area contributed by atoms with Crippen molar-refractivity contribution in [3.05, 3.63) is 57.7 Å². The Balaban J connectivity index is -0.000000369. The first-order chi connectivity index (χ1) is 12.0. The second-order valence-corrected chi connectivity index (χ2v) is 4.98. The molecule has 0 spiro atoms. The van der Waals surface area contributed by atoms with E-state index in [0.29, 0.717) is 21.8 Å². The fourth-order valence-electron chi connectivity index (χ4n) is 2.53. The number of carbonyl (C=O) groups excluding carboxylic acids is 1. The van der Waals surface area contributed by atoms with Crippen molar-refractivity contribution >= 4 is 28.1 Å². The fourth-order valence-corrected chi connectivity index (χ4v) is 2.53. The van der Waals surface area contributed by atoms with Gasteiger partial charge in [0.2, 0.25) is 0 Å². The van der Waals surface area contributed by atoms with Gasteiger partial charge in [-0.25, -0.2) is 0 Å². The SMILES string of the molecule is CC.CC.[3H]C(=O)Cn1c2[c-]c(C)ccc2c(=O)c2ccc(C)cc21.[Y].[Y].[Y].[Y]. The molecule has 0 aliphatic rings. The monoisotopic (exact) mass is 682 g/mol. The van der Waals surface area contributed by atoms with Gasteiger partial charge in [0.1, 0.15) is 13.1 Å². The first-order valence-electron chi connectivity index (χ1n) is 8.92. The van der Waals surface area contributed by atoms with E-state index in [1.165, 1.54) is 0 Å². The van der Waals surface area contributed by atoms with Crippen LogP contribution in [-0.2, 0) is 142 Å². The molecular formula is C21H26NO2Y4-. The van der Waals surface area contributed by atoms with Gasteiger partial charge in [0, 0.05) is 136 Å². The van der Waals surface area contributed by atoms with Crippen LogP contribution in [0.2, 0.25) is 0 Å². The summed E-state index contributed by atoms with van der Waals surface area (Å²) >= 11 is 0. The second kappa shape index (κ2) is 19.7. The van der Waals surface area contributed by atoms with Crippen LogP contribution in [-0.4, -0.2) is 10.8 Å². The van der Waals surface area contributed by atoms with Crippen LogP contribution in [0.5, 0.6) is 0 Å². The molecule has 3 rings (SSSR count). The number of aromatic nitrogens is 1. The molecule has 0 bridgehead atoms. The van der Waals surface area contributed by atoms with Crippen LogP contribution < -0.4 is 5.43 Å². The van der Waals surface area contributed by atoms with Crippen LogP contribution >= 0.6 is 0 Å². The molecule has 140 valence electrons. The zero-order valence-electron chi connectivity index (χ0n) is 18.7. The first-order valence-corrected chi connectivity index (χ1v) is 8.42. The van der Waals surface area contributed by atoms with E-state index < -0.39 is 6.26 Å². The summed E-state index contributed by atoms with van der Waals surface area (Å²) in [5.41, 5.74) is 3.08. The van der Waals surface area contributed by atoms with E-state index in [1.807, 2.05) is 59.7 Å². The van der Waals surface area contributed by atoms with Gasteiger partial charge < -0.3 is 14.2 Å². The van der Waals surface area contributed by atoms with E-state index in [2.05, 4.69) is 6.07 Å². The van der Waals surface area contributed by atoms with Crippen molar-refractivity contribution in [2.75, 3.05) is 0 Å². The smallest absolute Gasteiger partial charge is 0.142 e. The number of hydrogen-bond donors (Lipinski definition) is 0. The van der Waals surface area contributed by atoms with Gasteiger partial charge in [-0.3, -0.25) is 0 Å². The van der Waals surface area contributed by atoms with Crippen molar-refractivity contribution in [2.24, 2.45) is 0 Å². The van der Waals surface area contributed by atoms with E-state index >= 15 is 0 Å². The average Bonchev–Trinajstić information content (AvgIpc) is 2.61. The van der Waals surface area contributed by atoms with Crippen LogP contribution in [0.15, 0.2) is 35.1 Å². The van der Waals surface area contributed by atoms with E-state index in [1.54, 1.807) is 16.7 Å².